The van der Waals surface area contributed by atoms with E-state index in [9.17, 15) is 13.2 Å². The van der Waals surface area contributed by atoms with Crippen LogP contribution in [0.25, 0.3) is 0 Å². The quantitative estimate of drug-likeness (QED) is 0.618. The lowest BCUT2D eigenvalue weighted by atomic mass is 10.2. The van der Waals surface area contributed by atoms with Crippen LogP contribution in [-0.2, 0) is 25.1 Å². The summed E-state index contributed by atoms with van der Waals surface area (Å²) in [6.45, 7) is 3.06. The summed E-state index contributed by atoms with van der Waals surface area (Å²) in [5, 5.41) is 2.67. The summed E-state index contributed by atoms with van der Waals surface area (Å²) in [5.41, 5.74) is 2.06. The van der Waals surface area contributed by atoms with Crippen LogP contribution >= 0.6 is 15.9 Å². The normalized spacial score (nSPS) is 16.6. The topological polar surface area (TPSA) is 81.7 Å². The third-order valence-electron chi connectivity index (χ3n) is 4.49. The Labute approximate surface area is 179 Å². The molecule has 1 atom stereocenters. The van der Waals surface area contributed by atoms with Gasteiger partial charge in [-0.2, -0.15) is 0 Å². The van der Waals surface area contributed by atoms with Gasteiger partial charge in [-0.15, -0.1) is 0 Å². The van der Waals surface area contributed by atoms with E-state index in [0.717, 1.165) is 29.5 Å². The van der Waals surface area contributed by atoms with Gasteiger partial charge in [0.15, 0.2) is 9.84 Å². The number of hydrogen-bond donors (Lipinski definition) is 1. The molecule has 1 fully saturated rings. The van der Waals surface area contributed by atoms with Gasteiger partial charge in [0.25, 0.3) is 0 Å². The van der Waals surface area contributed by atoms with Crippen molar-refractivity contribution >= 4 is 37.4 Å². The number of halogens is 1. The minimum absolute atomic E-state index is 0.0460. The number of carbonyl (C=O) groups is 1. The average Bonchev–Trinajstić information content (AvgIpc) is 3.14. The smallest absolute Gasteiger partial charge is 0.239 e. The van der Waals surface area contributed by atoms with E-state index in [1.54, 1.807) is 24.3 Å². The predicted molar refractivity (Wildman–Crippen MR) is 116 cm³/mol. The highest BCUT2D eigenvalue weighted by Gasteiger charge is 2.20. The van der Waals surface area contributed by atoms with E-state index in [1.807, 2.05) is 25.1 Å². The van der Waals surface area contributed by atoms with Gasteiger partial charge >= 0.3 is 0 Å². The van der Waals surface area contributed by atoms with Crippen molar-refractivity contribution < 1.29 is 22.7 Å². The molecule has 1 aliphatic rings. The van der Waals surface area contributed by atoms with Gasteiger partial charge in [0.1, 0.15) is 18.1 Å². The molecule has 0 spiro atoms. The second-order valence-electron chi connectivity index (χ2n) is 7.16. The van der Waals surface area contributed by atoms with Crippen molar-refractivity contribution in [1.82, 2.24) is 0 Å². The standard InChI is InChI=1S/C21H24BrNO5S/c1-15-7-8-19(20(10-15)28-12-18-6-3-9-27-18)23-21(24)14-29(25,26)13-16-4-2-5-17(22)11-16/h2,4-5,7-8,10-11,18H,3,6,9,12-14H2,1H3,(H,23,24). The third-order valence-corrected chi connectivity index (χ3v) is 6.45. The molecule has 1 unspecified atom stereocenters. The number of carbonyl (C=O) groups excluding carboxylic acids is 1. The fraction of sp³-hybridized carbons (Fsp3) is 0.381. The summed E-state index contributed by atoms with van der Waals surface area (Å²) < 4.78 is 37.1. The fourth-order valence-corrected chi connectivity index (χ4v) is 4.84. The van der Waals surface area contributed by atoms with Crippen LogP contribution in [0.2, 0.25) is 0 Å². The van der Waals surface area contributed by atoms with E-state index < -0.39 is 21.5 Å². The molecule has 8 heteroatoms. The van der Waals surface area contributed by atoms with Gasteiger partial charge in [0.2, 0.25) is 5.91 Å². The number of rotatable bonds is 8. The fourth-order valence-electron chi connectivity index (χ4n) is 3.13. The molecule has 0 saturated carbocycles. The predicted octanol–water partition coefficient (Wildman–Crippen LogP) is 3.87. The van der Waals surface area contributed by atoms with E-state index in [-0.39, 0.29) is 11.9 Å². The summed E-state index contributed by atoms with van der Waals surface area (Å²) in [6.07, 6.45) is 2.01. The first kappa shape index (κ1) is 21.8. The van der Waals surface area contributed by atoms with Crippen molar-refractivity contribution in [2.24, 2.45) is 0 Å². The number of ether oxygens (including phenoxy) is 2. The first-order valence-electron chi connectivity index (χ1n) is 9.40. The molecule has 1 heterocycles. The van der Waals surface area contributed by atoms with E-state index in [0.29, 0.717) is 23.6 Å². The summed E-state index contributed by atoms with van der Waals surface area (Å²) in [7, 11) is -3.61. The average molecular weight is 482 g/mol. The molecule has 0 aromatic heterocycles. The van der Waals surface area contributed by atoms with Crippen LogP contribution in [0.5, 0.6) is 5.75 Å². The van der Waals surface area contributed by atoms with Crippen LogP contribution < -0.4 is 10.1 Å². The maximum absolute atomic E-state index is 12.4. The maximum Gasteiger partial charge on any atom is 0.239 e. The van der Waals surface area contributed by atoms with Gasteiger partial charge in [-0.3, -0.25) is 4.79 Å². The molecule has 0 radical (unpaired) electrons. The van der Waals surface area contributed by atoms with Crippen molar-refractivity contribution in [1.29, 1.82) is 0 Å². The first-order chi connectivity index (χ1) is 13.8. The number of sulfone groups is 1. The summed E-state index contributed by atoms with van der Waals surface area (Å²) in [5.74, 6) is -0.877. The van der Waals surface area contributed by atoms with Gasteiger partial charge < -0.3 is 14.8 Å². The van der Waals surface area contributed by atoms with Crippen LogP contribution in [0.15, 0.2) is 46.9 Å². The van der Waals surface area contributed by atoms with E-state index in [4.69, 9.17) is 9.47 Å². The van der Waals surface area contributed by atoms with Crippen LogP contribution in [0.3, 0.4) is 0 Å². The van der Waals surface area contributed by atoms with Crippen LogP contribution in [0, 0.1) is 6.92 Å². The van der Waals surface area contributed by atoms with Crippen molar-refractivity contribution in [2.75, 3.05) is 24.3 Å². The number of aryl methyl sites for hydroxylation is 1. The minimum Gasteiger partial charge on any atom is -0.489 e. The zero-order chi connectivity index (χ0) is 20.9. The van der Waals surface area contributed by atoms with Gasteiger partial charge in [0, 0.05) is 11.1 Å². The Balaban J connectivity index is 1.63. The monoisotopic (exact) mass is 481 g/mol. The molecule has 1 amide bonds. The number of amides is 1. The lowest BCUT2D eigenvalue weighted by Gasteiger charge is -2.16. The third kappa shape index (κ3) is 6.83. The molecule has 156 valence electrons. The molecular weight excluding hydrogens is 458 g/mol. The van der Waals surface area contributed by atoms with Crippen LogP contribution in [0.1, 0.15) is 24.0 Å². The highest BCUT2D eigenvalue weighted by atomic mass is 79.9. The molecule has 6 nitrogen and oxygen atoms in total. The number of hydrogen-bond acceptors (Lipinski definition) is 5. The Bertz CT molecular complexity index is 971. The SMILES string of the molecule is Cc1ccc(NC(=O)CS(=O)(=O)Cc2cccc(Br)c2)c(OCC2CCCO2)c1. The van der Waals surface area contributed by atoms with Gasteiger partial charge in [-0.05, 0) is 55.2 Å². The number of benzene rings is 2. The lowest BCUT2D eigenvalue weighted by Crippen LogP contribution is -2.24. The molecular formula is C21H24BrNO5S. The van der Waals surface area contributed by atoms with Crippen molar-refractivity contribution in [3.63, 3.8) is 0 Å². The molecule has 1 saturated heterocycles. The molecule has 2 aromatic carbocycles. The Morgan fingerprint density at radius 1 is 1.28 bits per heavy atom. The molecule has 0 bridgehead atoms. The molecule has 2 aromatic rings. The highest BCUT2D eigenvalue weighted by Crippen LogP contribution is 2.27. The number of anilines is 1. The van der Waals surface area contributed by atoms with E-state index in [2.05, 4.69) is 21.2 Å². The van der Waals surface area contributed by atoms with Crippen molar-refractivity contribution in [3.8, 4) is 5.75 Å². The van der Waals surface area contributed by atoms with Crippen molar-refractivity contribution in [3.05, 3.63) is 58.1 Å². The Morgan fingerprint density at radius 2 is 2.10 bits per heavy atom. The molecule has 1 N–H and O–H groups in total. The Hall–Kier alpha value is -1.90. The molecule has 0 aliphatic carbocycles. The summed E-state index contributed by atoms with van der Waals surface area (Å²) in [4.78, 5) is 12.4. The molecule has 1 aliphatic heterocycles. The zero-order valence-electron chi connectivity index (χ0n) is 16.2. The molecule has 29 heavy (non-hydrogen) atoms. The highest BCUT2D eigenvalue weighted by molar-refractivity contribution is 9.10. The van der Waals surface area contributed by atoms with Gasteiger partial charge in [-0.1, -0.05) is 34.1 Å². The lowest BCUT2D eigenvalue weighted by molar-refractivity contribution is -0.113. The summed E-state index contributed by atoms with van der Waals surface area (Å²) >= 11 is 3.32. The Kier molecular flexibility index (Phi) is 7.32. The first-order valence-corrected chi connectivity index (χ1v) is 12.0. The van der Waals surface area contributed by atoms with Crippen LogP contribution in [0.4, 0.5) is 5.69 Å². The summed E-state index contributed by atoms with van der Waals surface area (Å²) in [6, 6.07) is 12.4. The second-order valence-corrected chi connectivity index (χ2v) is 10.1. The largest absolute Gasteiger partial charge is 0.489 e. The van der Waals surface area contributed by atoms with Crippen molar-refractivity contribution in [2.45, 2.75) is 31.6 Å². The molecule has 3 rings (SSSR count). The number of nitrogens with one attached hydrogen (secondary N) is 1. The minimum atomic E-state index is -3.61. The second kappa shape index (κ2) is 9.73. The van der Waals surface area contributed by atoms with Gasteiger partial charge in [0.05, 0.1) is 17.5 Å². The van der Waals surface area contributed by atoms with E-state index >= 15 is 0 Å². The van der Waals surface area contributed by atoms with Crippen LogP contribution in [-0.4, -0.2) is 39.4 Å². The maximum atomic E-state index is 12.4. The Morgan fingerprint density at radius 3 is 2.83 bits per heavy atom. The van der Waals surface area contributed by atoms with E-state index in [1.165, 1.54) is 0 Å². The van der Waals surface area contributed by atoms with Gasteiger partial charge in [-0.25, -0.2) is 8.42 Å². The zero-order valence-corrected chi connectivity index (χ0v) is 18.6.